The maximum atomic E-state index is 12.1. The fourth-order valence-corrected chi connectivity index (χ4v) is 8.25. The fourth-order valence-electron chi connectivity index (χ4n) is 8.25. The zero-order valence-corrected chi connectivity index (χ0v) is 19.2. The average molecular weight is 398 g/mol. The molecule has 3 nitrogen and oxygen atoms in total. The molecule has 0 aromatic rings. The van der Waals surface area contributed by atoms with E-state index in [1.807, 2.05) is 0 Å². The highest BCUT2D eigenvalue weighted by molar-refractivity contribution is 6.49. The average Bonchev–Trinajstić information content (AvgIpc) is 3.26. The van der Waals surface area contributed by atoms with Crippen LogP contribution in [0.5, 0.6) is 0 Å². The molecular weight excluding hydrogens is 359 g/mol. The van der Waals surface area contributed by atoms with Crippen molar-refractivity contribution in [3.8, 4) is 0 Å². The Morgan fingerprint density at radius 3 is 2.52 bits per heavy atom. The molecule has 0 spiro atoms. The molecule has 6 atom stereocenters. The number of Topliss-reactive ketones (excluding diaryl/α,β-unsaturated/α-hetero) is 1. The lowest BCUT2D eigenvalue weighted by Gasteiger charge is -2.59. The Hall–Kier alpha value is -0.765. The lowest BCUT2D eigenvalue weighted by molar-refractivity contribution is -0.136. The van der Waals surface area contributed by atoms with E-state index in [1.165, 1.54) is 38.5 Å². The SMILES string of the molecule is CC(C)(C)B1OC/C(=C2\CC[C@H]3[C@@H]4CC[C@H]5CC(=O)CC[C@]5(C)[C@H]4CC[C@]23C)O1. The number of fused-ring (bicyclic) bond motifs is 5. The highest BCUT2D eigenvalue weighted by Crippen LogP contribution is 2.67. The molecule has 0 aromatic carbocycles. The number of hydrogen-bond acceptors (Lipinski definition) is 3. The molecule has 4 heteroatoms. The van der Waals surface area contributed by atoms with Crippen molar-refractivity contribution in [1.82, 2.24) is 0 Å². The largest absolute Gasteiger partial charge is 0.537 e. The minimum Gasteiger partial charge on any atom is -0.537 e. The van der Waals surface area contributed by atoms with E-state index in [1.54, 1.807) is 5.57 Å². The third-order valence-corrected chi connectivity index (χ3v) is 9.92. The van der Waals surface area contributed by atoms with Gasteiger partial charge in [-0.25, -0.2) is 0 Å². The first-order valence-corrected chi connectivity index (χ1v) is 12.2. The normalized spacial score (nSPS) is 47.5. The number of hydrogen-bond donors (Lipinski definition) is 0. The van der Waals surface area contributed by atoms with Crippen LogP contribution in [0.3, 0.4) is 0 Å². The lowest BCUT2D eigenvalue weighted by Crippen LogP contribution is -2.53. The summed E-state index contributed by atoms with van der Waals surface area (Å²) in [5.74, 6) is 4.77. The van der Waals surface area contributed by atoms with Gasteiger partial charge >= 0.3 is 7.12 Å². The van der Waals surface area contributed by atoms with Gasteiger partial charge in [0.15, 0.2) is 0 Å². The topological polar surface area (TPSA) is 35.5 Å². The van der Waals surface area contributed by atoms with Gasteiger partial charge < -0.3 is 9.31 Å². The van der Waals surface area contributed by atoms with Gasteiger partial charge in [-0.3, -0.25) is 4.79 Å². The van der Waals surface area contributed by atoms with Gasteiger partial charge in [0.1, 0.15) is 11.5 Å². The predicted octanol–water partition coefficient (Wildman–Crippen LogP) is 6.19. The summed E-state index contributed by atoms with van der Waals surface area (Å²) in [6.45, 7) is 12.3. The first-order chi connectivity index (χ1) is 13.6. The second kappa shape index (κ2) is 6.61. The molecule has 0 bridgehead atoms. The number of allylic oxidation sites excluding steroid dienone is 1. The molecule has 0 radical (unpaired) electrons. The van der Waals surface area contributed by atoms with Gasteiger partial charge in [-0.15, -0.1) is 0 Å². The van der Waals surface area contributed by atoms with Gasteiger partial charge in [0, 0.05) is 18.2 Å². The van der Waals surface area contributed by atoms with Crippen molar-refractivity contribution in [3.05, 3.63) is 11.3 Å². The van der Waals surface area contributed by atoms with Gasteiger partial charge in [-0.1, -0.05) is 34.6 Å². The maximum absolute atomic E-state index is 12.1. The number of rotatable bonds is 0. The molecule has 4 aliphatic carbocycles. The predicted molar refractivity (Wildman–Crippen MR) is 116 cm³/mol. The third-order valence-electron chi connectivity index (χ3n) is 9.92. The van der Waals surface area contributed by atoms with Crippen molar-refractivity contribution in [2.75, 3.05) is 6.61 Å². The smallest absolute Gasteiger partial charge is 0.531 e. The van der Waals surface area contributed by atoms with E-state index in [4.69, 9.17) is 9.31 Å². The van der Waals surface area contributed by atoms with Crippen molar-refractivity contribution in [2.24, 2.45) is 34.5 Å². The Balaban J connectivity index is 1.41. The molecule has 1 aliphatic heterocycles. The van der Waals surface area contributed by atoms with Crippen LogP contribution in [-0.2, 0) is 14.1 Å². The Labute approximate surface area is 177 Å². The first kappa shape index (κ1) is 20.2. The molecule has 0 N–H and O–H groups in total. The maximum Gasteiger partial charge on any atom is 0.531 e. The minimum absolute atomic E-state index is 0.0181. The zero-order chi connectivity index (χ0) is 20.6. The molecule has 29 heavy (non-hydrogen) atoms. The number of carbonyl (C=O) groups is 1. The Morgan fingerprint density at radius 1 is 1.00 bits per heavy atom. The molecule has 0 aromatic heterocycles. The second-order valence-corrected chi connectivity index (χ2v) is 12.4. The molecule has 5 fully saturated rings. The first-order valence-electron chi connectivity index (χ1n) is 12.2. The zero-order valence-electron chi connectivity index (χ0n) is 19.2. The third kappa shape index (κ3) is 2.98. The van der Waals surface area contributed by atoms with Crippen molar-refractivity contribution in [1.29, 1.82) is 0 Å². The highest BCUT2D eigenvalue weighted by atomic mass is 16.6. The van der Waals surface area contributed by atoms with E-state index in [9.17, 15) is 4.79 Å². The van der Waals surface area contributed by atoms with Gasteiger partial charge in [0.05, 0.1) is 6.61 Å². The minimum atomic E-state index is -0.113. The molecule has 4 saturated carbocycles. The highest BCUT2D eigenvalue weighted by Gasteiger charge is 2.60. The fraction of sp³-hybridized carbons (Fsp3) is 0.880. The monoisotopic (exact) mass is 398 g/mol. The second-order valence-electron chi connectivity index (χ2n) is 12.4. The van der Waals surface area contributed by atoms with Crippen LogP contribution in [0.15, 0.2) is 11.3 Å². The molecule has 5 rings (SSSR count). The van der Waals surface area contributed by atoms with E-state index in [2.05, 4.69) is 34.6 Å². The molecule has 0 unspecified atom stereocenters. The van der Waals surface area contributed by atoms with Crippen LogP contribution in [0.2, 0.25) is 5.31 Å². The Morgan fingerprint density at radius 2 is 1.79 bits per heavy atom. The van der Waals surface area contributed by atoms with E-state index in [0.29, 0.717) is 29.1 Å². The van der Waals surface area contributed by atoms with Crippen molar-refractivity contribution in [3.63, 3.8) is 0 Å². The molecule has 160 valence electrons. The summed E-state index contributed by atoms with van der Waals surface area (Å²) in [7, 11) is -0.113. The van der Waals surface area contributed by atoms with E-state index >= 15 is 0 Å². The lowest BCUT2D eigenvalue weighted by atomic mass is 9.45. The van der Waals surface area contributed by atoms with Crippen molar-refractivity contribution in [2.45, 2.75) is 97.7 Å². The molecular formula is C25H39BO3. The summed E-state index contributed by atoms with van der Waals surface area (Å²) >= 11 is 0. The Kier molecular flexibility index (Phi) is 4.60. The van der Waals surface area contributed by atoms with Crippen LogP contribution in [0.4, 0.5) is 0 Å². The molecule has 0 amide bonds. The van der Waals surface area contributed by atoms with Crippen molar-refractivity contribution < 1.29 is 14.1 Å². The molecule has 5 aliphatic rings. The van der Waals surface area contributed by atoms with Gasteiger partial charge in [0.2, 0.25) is 0 Å². The van der Waals surface area contributed by atoms with Gasteiger partial charge in [-0.2, -0.15) is 0 Å². The van der Waals surface area contributed by atoms with Crippen LogP contribution in [-0.4, -0.2) is 19.5 Å². The standard InChI is InChI=1S/C25H39BO3/c1-23(2,3)26-28-15-22(29-26)21-9-8-19-18-7-6-16-14-17(27)10-12-24(16,4)20(18)11-13-25(19,21)5/h16,18-20H,6-15H2,1-5H3/b22-21-/t16-,18-,19-,20-,24-,25-/m0/s1. The summed E-state index contributed by atoms with van der Waals surface area (Å²) in [6.07, 6.45) is 10.6. The Bertz CT molecular complexity index is 737. The van der Waals surface area contributed by atoms with Gasteiger partial charge in [0.25, 0.3) is 0 Å². The van der Waals surface area contributed by atoms with Crippen LogP contribution >= 0.6 is 0 Å². The van der Waals surface area contributed by atoms with Crippen molar-refractivity contribution >= 4 is 12.9 Å². The van der Waals surface area contributed by atoms with E-state index < -0.39 is 0 Å². The molecule has 1 saturated heterocycles. The quantitative estimate of drug-likeness (QED) is 0.457. The summed E-state index contributed by atoms with van der Waals surface area (Å²) in [4.78, 5) is 12.1. The molecule has 1 heterocycles. The van der Waals surface area contributed by atoms with Crippen LogP contribution in [0, 0.1) is 34.5 Å². The van der Waals surface area contributed by atoms with Gasteiger partial charge in [-0.05, 0) is 85.0 Å². The summed E-state index contributed by atoms with van der Waals surface area (Å²) in [6, 6.07) is 0. The van der Waals surface area contributed by atoms with Crippen LogP contribution in [0.1, 0.15) is 92.4 Å². The van der Waals surface area contributed by atoms with E-state index in [0.717, 1.165) is 42.8 Å². The number of ketones is 1. The summed E-state index contributed by atoms with van der Waals surface area (Å²) in [5, 5.41) is 0.0181. The summed E-state index contributed by atoms with van der Waals surface area (Å²) in [5.41, 5.74) is 2.28. The van der Waals surface area contributed by atoms with Crippen LogP contribution < -0.4 is 0 Å². The van der Waals surface area contributed by atoms with E-state index in [-0.39, 0.29) is 12.4 Å². The summed E-state index contributed by atoms with van der Waals surface area (Å²) < 4.78 is 12.5. The van der Waals surface area contributed by atoms with Crippen LogP contribution in [0.25, 0.3) is 0 Å². The number of carbonyl (C=O) groups excluding carboxylic acids is 1.